The molecule has 0 spiro atoms. The van der Waals surface area contributed by atoms with E-state index in [0.717, 1.165) is 38.5 Å². The van der Waals surface area contributed by atoms with Gasteiger partial charge in [-0.25, -0.2) is 13.4 Å². The summed E-state index contributed by atoms with van der Waals surface area (Å²) >= 11 is 0. The van der Waals surface area contributed by atoms with Gasteiger partial charge in [-0.1, -0.05) is 25.1 Å². The Hall–Kier alpha value is -2.12. The normalized spacial score (nSPS) is 15.8. The van der Waals surface area contributed by atoms with Crippen LogP contribution in [-0.4, -0.2) is 57.6 Å². The molecule has 1 aromatic heterocycles. The van der Waals surface area contributed by atoms with Crippen LogP contribution in [0.2, 0.25) is 0 Å². The lowest BCUT2D eigenvalue weighted by molar-refractivity contribution is 0.270. The Morgan fingerprint density at radius 1 is 1.00 bits per heavy atom. The molecule has 140 valence electrons. The number of anilines is 2. The Morgan fingerprint density at radius 2 is 1.69 bits per heavy atom. The predicted molar refractivity (Wildman–Crippen MR) is 105 cm³/mol. The summed E-state index contributed by atoms with van der Waals surface area (Å²) in [5.74, 6) is 0.836. The molecule has 2 heterocycles. The van der Waals surface area contributed by atoms with Crippen molar-refractivity contribution in [2.45, 2.75) is 18.7 Å². The number of aromatic nitrogens is 1. The van der Waals surface area contributed by atoms with Gasteiger partial charge in [-0.05, 0) is 37.7 Å². The summed E-state index contributed by atoms with van der Waals surface area (Å²) in [6.07, 6.45) is 1.47. The fourth-order valence-electron chi connectivity index (χ4n) is 3.22. The third-order valence-corrected chi connectivity index (χ3v) is 6.67. The van der Waals surface area contributed by atoms with Crippen molar-refractivity contribution in [3.05, 3.63) is 48.7 Å². The zero-order valence-electron chi connectivity index (χ0n) is 15.4. The molecule has 3 rings (SSSR count). The first-order valence-electron chi connectivity index (χ1n) is 9.07. The van der Waals surface area contributed by atoms with E-state index in [0.29, 0.717) is 12.2 Å². The van der Waals surface area contributed by atoms with Crippen LogP contribution in [0.3, 0.4) is 0 Å². The first-order valence-corrected chi connectivity index (χ1v) is 10.5. The summed E-state index contributed by atoms with van der Waals surface area (Å²) in [4.78, 5) is 9.26. The molecule has 6 nitrogen and oxygen atoms in total. The second kappa shape index (κ2) is 8.05. The minimum atomic E-state index is -3.62. The Bertz CT molecular complexity index is 801. The maximum absolute atomic E-state index is 13.0. The van der Waals surface area contributed by atoms with Crippen molar-refractivity contribution in [1.82, 2.24) is 9.88 Å². The van der Waals surface area contributed by atoms with E-state index in [1.807, 2.05) is 31.2 Å². The van der Waals surface area contributed by atoms with Crippen LogP contribution in [0.25, 0.3) is 0 Å². The molecule has 0 aliphatic carbocycles. The summed E-state index contributed by atoms with van der Waals surface area (Å²) in [7, 11) is -3.62. The number of rotatable bonds is 6. The molecule has 1 fully saturated rings. The molecule has 7 heteroatoms. The lowest BCUT2D eigenvalue weighted by Gasteiger charge is -2.34. The third-order valence-electron chi connectivity index (χ3n) is 4.78. The van der Waals surface area contributed by atoms with Crippen molar-refractivity contribution in [2.75, 3.05) is 48.5 Å². The third kappa shape index (κ3) is 3.83. The number of hydrogen-bond acceptors (Lipinski definition) is 5. The van der Waals surface area contributed by atoms with Gasteiger partial charge in [-0.3, -0.25) is 4.31 Å². The quantitative estimate of drug-likeness (QED) is 0.777. The maximum atomic E-state index is 13.0. The molecular weight excluding hydrogens is 348 g/mol. The number of sulfonamides is 1. The first-order chi connectivity index (χ1) is 12.6. The van der Waals surface area contributed by atoms with Crippen LogP contribution in [0.4, 0.5) is 11.5 Å². The van der Waals surface area contributed by atoms with Crippen molar-refractivity contribution in [3.8, 4) is 0 Å². The van der Waals surface area contributed by atoms with Crippen molar-refractivity contribution in [1.29, 1.82) is 0 Å². The van der Waals surface area contributed by atoms with Crippen molar-refractivity contribution in [3.63, 3.8) is 0 Å². The first kappa shape index (κ1) is 18.7. The monoisotopic (exact) mass is 374 g/mol. The molecule has 0 saturated carbocycles. The van der Waals surface area contributed by atoms with Crippen molar-refractivity contribution < 1.29 is 8.42 Å². The molecule has 0 bridgehead atoms. The highest BCUT2D eigenvalue weighted by Crippen LogP contribution is 2.24. The van der Waals surface area contributed by atoms with Crippen molar-refractivity contribution in [2.24, 2.45) is 0 Å². The Balaban J connectivity index is 1.79. The predicted octanol–water partition coefficient (Wildman–Crippen LogP) is 2.44. The van der Waals surface area contributed by atoms with Gasteiger partial charge in [0, 0.05) is 38.9 Å². The van der Waals surface area contributed by atoms with Crippen LogP contribution < -0.4 is 9.21 Å². The van der Waals surface area contributed by atoms with Gasteiger partial charge in [0.25, 0.3) is 10.0 Å². The summed E-state index contributed by atoms with van der Waals surface area (Å²) in [6, 6.07) is 12.6. The minimum absolute atomic E-state index is 0.221. The Morgan fingerprint density at radius 3 is 2.23 bits per heavy atom. The lowest BCUT2D eigenvalue weighted by Crippen LogP contribution is -2.46. The van der Waals surface area contributed by atoms with Crippen LogP contribution in [0, 0.1) is 0 Å². The van der Waals surface area contributed by atoms with Gasteiger partial charge in [0.2, 0.25) is 0 Å². The number of pyridine rings is 1. The van der Waals surface area contributed by atoms with Crippen LogP contribution in [0.5, 0.6) is 0 Å². The van der Waals surface area contributed by atoms with Crippen LogP contribution in [-0.2, 0) is 10.0 Å². The lowest BCUT2D eigenvalue weighted by atomic mass is 10.3. The van der Waals surface area contributed by atoms with Gasteiger partial charge < -0.3 is 9.80 Å². The van der Waals surface area contributed by atoms with E-state index in [-0.39, 0.29) is 4.90 Å². The second-order valence-corrected chi connectivity index (χ2v) is 8.14. The molecule has 2 aromatic rings. The number of para-hydroxylation sites is 1. The Kier molecular flexibility index (Phi) is 5.78. The average molecular weight is 375 g/mol. The smallest absolute Gasteiger partial charge is 0.265 e. The summed E-state index contributed by atoms with van der Waals surface area (Å²) < 4.78 is 27.4. The second-order valence-electron chi connectivity index (χ2n) is 6.28. The highest BCUT2D eigenvalue weighted by molar-refractivity contribution is 7.92. The molecule has 0 N–H and O–H groups in total. The van der Waals surface area contributed by atoms with E-state index in [2.05, 4.69) is 21.7 Å². The molecule has 0 amide bonds. The number of likely N-dealkylation sites (N-methyl/N-ethyl adjacent to an activating group) is 1. The summed E-state index contributed by atoms with van der Waals surface area (Å²) in [5, 5.41) is 0. The molecule has 0 atom stereocenters. The minimum Gasteiger partial charge on any atom is -0.354 e. The van der Waals surface area contributed by atoms with E-state index in [1.54, 1.807) is 18.2 Å². The van der Waals surface area contributed by atoms with E-state index < -0.39 is 10.0 Å². The molecule has 1 saturated heterocycles. The average Bonchev–Trinajstić information content (AvgIpc) is 2.69. The molecule has 26 heavy (non-hydrogen) atoms. The fraction of sp³-hybridized carbons (Fsp3) is 0.421. The fourth-order valence-corrected chi connectivity index (χ4v) is 4.64. The molecule has 1 aliphatic heterocycles. The Labute approximate surface area is 156 Å². The van der Waals surface area contributed by atoms with E-state index in [9.17, 15) is 8.42 Å². The molecule has 1 aromatic carbocycles. The van der Waals surface area contributed by atoms with Crippen molar-refractivity contribution >= 4 is 21.5 Å². The molecule has 0 radical (unpaired) electrons. The van der Waals surface area contributed by atoms with E-state index in [4.69, 9.17) is 0 Å². The summed E-state index contributed by atoms with van der Waals surface area (Å²) in [6.45, 7) is 9.28. The van der Waals surface area contributed by atoms with Gasteiger partial charge in [0.15, 0.2) is 0 Å². The molecular formula is C19H26N4O2S. The maximum Gasteiger partial charge on any atom is 0.265 e. The zero-order valence-corrected chi connectivity index (χ0v) is 16.2. The highest BCUT2D eigenvalue weighted by Gasteiger charge is 2.24. The number of nitrogens with zero attached hydrogens (tertiary/aromatic N) is 4. The SMILES string of the molecule is CCN1CCN(c2ccc(S(=O)(=O)N(CC)c3ccccc3)cn2)CC1. The highest BCUT2D eigenvalue weighted by atomic mass is 32.2. The van der Waals surface area contributed by atoms with Gasteiger partial charge >= 0.3 is 0 Å². The van der Waals surface area contributed by atoms with Crippen LogP contribution in [0.1, 0.15) is 13.8 Å². The number of piperazine rings is 1. The van der Waals surface area contributed by atoms with Gasteiger partial charge in [-0.2, -0.15) is 0 Å². The van der Waals surface area contributed by atoms with Crippen LogP contribution in [0.15, 0.2) is 53.6 Å². The van der Waals surface area contributed by atoms with Gasteiger partial charge in [0.05, 0.1) is 5.69 Å². The van der Waals surface area contributed by atoms with E-state index in [1.165, 1.54) is 10.5 Å². The number of benzene rings is 1. The molecule has 1 aliphatic rings. The van der Waals surface area contributed by atoms with Crippen LogP contribution >= 0.6 is 0 Å². The van der Waals surface area contributed by atoms with E-state index >= 15 is 0 Å². The summed E-state index contributed by atoms with van der Waals surface area (Å²) in [5.41, 5.74) is 0.662. The molecule has 0 unspecified atom stereocenters. The van der Waals surface area contributed by atoms with Gasteiger partial charge in [-0.15, -0.1) is 0 Å². The van der Waals surface area contributed by atoms with Gasteiger partial charge in [0.1, 0.15) is 10.7 Å². The number of hydrogen-bond donors (Lipinski definition) is 0. The zero-order chi connectivity index (χ0) is 18.6. The largest absolute Gasteiger partial charge is 0.354 e. The standard InChI is InChI=1S/C19H26N4O2S/c1-3-21-12-14-22(15-13-21)19-11-10-18(16-20-19)26(24,25)23(4-2)17-8-6-5-7-9-17/h5-11,16H,3-4,12-15H2,1-2H3. The topological polar surface area (TPSA) is 56.8 Å².